The van der Waals surface area contributed by atoms with Crippen molar-refractivity contribution in [2.45, 2.75) is 18.9 Å². The van der Waals surface area contributed by atoms with Crippen LogP contribution in [0.2, 0.25) is 0 Å². The van der Waals surface area contributed by atoms with Crippen LogP contribution in [0.25, 0.3) is 10.8 Å². The van der Waals surface area contributed by atoms with Crippen LogP contribution in [-0.4, -0.2) is 42.4 Å². The van der Waals surface area contributed by atoms with Crippen molar-refractivity contribution in [2.75, 3.05) is 26.2 Å². The van der Waals surface area contributed by atoms with Crippen molar-refractivity contribution in [3.8, 4) is 5.75 Å². The fourth-order valence-corrected chi connectivity index (χ4v) is 2.81. The smallest absolute Gasteiger partial charge is 0.127 e. The van der Waals surface area contributed by atoms with Crippen LogP contribution in [0, 0.1) is 0 Å². The van der Waals surface area contributed by atoms with Crippen LogP contribution in [0.3, 0.4) is 0 Å². The largest absolute Gasteiger partial charge is 0.493 e. The SMILES string of the molecule is O[C@H]1CCN(CCCOc2cccc3ccccc23)C1. The zero-order chi connectivity index (χ0) is 13.8. The van der Waals surface area contributed by atoms with E-state index in [9.17, 15) is 5.11 Å². The molecule has 1 atom stereocenters. The molecule has 0 bridgehead atoms. The number of aliphatic hydroxyl groups excluding tert-OH is 1. The van der Waals surface area contributed by atoms with E-state index in [0.717, 1.165) is 44.8 Å². The molecule has 0 amide bonds. The van der Waals surface area contributed by atoms with E-state index in [1.807, 2.05) is 24.3 Å². The molecule has 0 aromatic heterocycles. The summed E-state index contributed by atoms with van der Waals surface area (Å²) in [6.07, 6.45) is 1.77. The first-order valence-corrected chi connectivity index (χ1v) is 7.34. The van der Waals surface area contributed by atoms with Gasteiger partial charge in [-0.1, -0.05) is 36.4 Å². The summed E-state index contributed by atoms with van der Waals surface area (Å²) in [6.45, 7) is 3.55. The molecule has 2 aromatic rings. The van der Waals surface area contributed by atoms with E-state index in [-0.39, 0.29) is 6.10 Å². The number of hydrogen-bond donors (Lipinski definition) is 1. The lowest BCUT2D eigenvalue weighted by Crippen LogP contribution is -2.24. The molecule has 0 unspecified atom stereocenters. The highest BCUT2D eigenvalue weighted by atomic mass is 16.5. The molecule has 3 nitrogen and oxygen atoms in total. The Morgan fingerprint density at radius 2 is 2.00 bits per heavy atom. The van der Waals surface area contributed by atoms with Gasteiger partial charge in [-0.05, 0) is 24.3 Å². The Bertz CT molecular complexity index is 564. The lowest BCUT2D eigenvalue weighted by atomic mass is 10.1. The standard InChI is InChI=1S/C17H21NO2/c19-15-9-11-18(13-15)10-4-12-20-17-8-3-6-14-5-1-2-7-16(14)17/h1-3,5-8,15,19H,4,9-13H2/t15-/m0/s1. The molecule has 1 heterocycles. The van der Waals surface area contributed by atoms with Gasteiger partial charge in [0.25, 0.3) is 0 Å². The molecule has 3 rings (SSSR count). The van der Waals surface area contributed by atoms with Crippen LogP contribution in [-0.2, 0) is 0 Å². The first-order chi connectivity index (χ1) is 9.83. The van der Waals surface area contributed by atoms with Crippen molar-refractivity contribution in [1.82, 2.24) is 4.90 Å². The van der Waals surface area contributed by atoms with Crippen molar-refractivity contribution in [3.63, 3.8) is 0 Å². The van der Waals surface area contributed by atoms with Crippen LogP contribution in [0.1, 0.15) is 12.8 Å². The van der Waals surface area contributed by atoms with E-state index in [0.29, 0.717) is 0 Å². The summed E-state index contributed by atoms with van der Waals surface area (Å²) in [7, 11) is 0. The average molecular weight is 271 g/mol. The maximum Gasteiger partial charge on any atom is 0.127 e. The molecule has 20 heavy (non-hydrogen) atoms. The molecular formula is C17H21NO2. The molecule has 0 saturated carbocycles. The Balaban J connectivity index is 1.52. The summed E-state index contributed by atoms with van der Waals surface area (Å²) in [6, 6.07) is 14.5. The average Bonchev–Trinajstić information content (AvgIpc) is 2.89. The highest BCUT2D eigenvalue weighted by molar-refractivity contribution is 5.88. The predicted molar refractivity (Wildman–Crippen MR) is 81.1 cm³/mol. The number of fused-ring (bicyclic) bond motifs is 1. The Morgan fingerprint density at radius 3 is 2.85 bits per heavy atom. The van der Waals surface area contributed by atoms with Gasteiger partial charge >= 0.3 is 0 Å². The third kappa shape index (κ3) is 3.11. The molecule has 3 heteroatoms. The van der Waals surface area contributed by atoms with E-state index < -0.39 is 0 Å². The minimum absolute atomic E-state index is 0.131. The Hall–Kier alpha value is -1.58. The second-order valence-corrected chi connectivity index (χ2v) is 5.42. The maximum absolute atomic E-state index is 9.48. The highest BCUT2D eigenvalue weighted by Crippen LogP contribution is 2.25. The summed E-state index contributed by atoms with van der Waals surface area (Å²) >= 11 is 0. The summed E-state index contributed by atoms with van der Waals surface area (Å²) in [4.78, 5) is 2.30. The van der Waals surface area contributed by atoms with Gasteiger partial charge in [-0.15, -0.1) is 0 Å². The van der Waals surface area contributed by atoms with Gasteiger partial charge < -0.3 is 14.7 Å². The molecular weight excluding hydrogens is 250 g/mol. The van der Waals surface area contributed by atoms with Crippen LogP contribution in [0.15, 0.2) is 42.5 Å². The van der Waals surface area contributed by atoms with Crippen molar-refractivity contribution in [1.29, 1.82) is 0 Å². The summed E-state index contributed by atoms with van der Waals surface area (Å²) in [5.74, 6) is 0.963. The van der Waals surface area contributed by atoms with Gasteiger partial charge in [0.1, 0.15) is 5.75 Å². The van der Waals surface area contributed by atoms with Gasteiger partial charge in [0.2, 0.25) is 0 Å². The van der Waals surface area contributed by atoms with E-state index in [2.05, 4.69) is 23.1 Å². The number of benzene rings is 2. The van der Waals surface area contributed by atoms with E-state index >= 15 is 0 Å². The fraction of sp³-hybridized carbons (Fsp3) is 0.412. The number of hydrogen-bond acceptors (Lipinski definition) is 3. The second-order valence-electron chi connectivity index (χ2n) is 5.42. The van der Waals surface area contributed by atoms with Crippen LogP contribution in [0.4, 0.5) is 0 Å². The van der Waals surface area contributed by atoms with Crippen molar-refractivity contribution < 1.29 is 9.84 Å². The molecule has 2 aromatic carbocycles. The van der Waals surface area contributed by atoms with Gasteiger partial charge in [-0.3, -0.25) is 0 Å². The van der Waals surface area contributed by atoms with Gasteiger partial charge in [0, 0.05) is 25.0 Å². The number of likely N-dealkylation sites (tertiary alicyclic amines) is 1. The molecule has 0 aliphatic carbocycles. The van der Waals surface area contributed by atoms with Gasteiger partial charge in [0.15, 0.2) is 0 Å². The quantitative estimate of drug-likeness (QED) is 0.849. The van der Waals surface area contributed by atoms with Gasteiger partial charge in [0.05, 0.1) is 12.7 Å². The van der Waals surface area contributed by atoms with Crippen LogP contribution < -0.4 is 4.74 Å². The molecule has 0 radical (unpaired) electrons. The van der Waals surface area contributed by atoms with Crippen LogP contribution in [0.5, 0.6) is 5.75 Å². The number of ether oxygens (including phenoxy) is 1. The van der Waals surface area contributed by atoms with E-state index in [1.54, 1.807) is 0 Å². The normalized spacial score (nSPS) is 19.6. The van der Waals surface area contributed by atoms with Gasteiger partial charge in [-0.2, -0.15) is 0 Å². The van der Waals surface area contributed by atoms with E-state index in [1.165, 1.54) is 10.8 Å². The fourth-order valence-electron chi connectivity index (χ4n) is 2.81. The minimum Gasteiger partial charge on any atom is -0.493 e. The Morgan fingerprint density at radius 1 is 1.15 bits per heavy atom. The zero-order valence-electron chi connectivity index (χ0n) is 11.7. The maximum atomic E-state index is 9.48. The summed E-state index contributed by atoms with van der Waals surface area (Å²) < 4.78 is 5.92. The first-order valence-electron chi connectivity index (χ1n) is 7.34. The Labute approximate surface area is 119 Å². The molecule has 1 N–H and O–H groups in total. The molecule has 106 valence electrons. The monoisotopic (exact) mass is 271 g/mol. The second kappa shape index (κ2) is 6.25. The summed E-state index contributed by atoms with van der Waals surface area (Å²) in [5, 5.41) is 11.9. The van der Waals surface area contributed by atoms with Crippen LogP contribution >= 0.6 is 0 Å². The van der Waals surface area contributed by atoms with E-state index in [4.69, 9.17) is 4.74 Å². The molecule has 1 saturated heterocycles. The zero-order valence-corrected chi connectivity index (χ0v) is 11.7. The van der Waals surface area contributed by atoms with Crippen molar-refractivity contribution in [3.05, 3.63) is 42.5 Å². The molecule has 1 aliphatic rings. The predicted octanol–water partition coefficient (Wildman–Crippen LogP) is 2.68. The molecule has 1 fully saturated rings. The topological polar surface area (TPSA) is 32.7 Å². The first kappa shape index (κ1) is 13.4. The number of aliphatic hydroxyl groups is 1. The number of β-amino-alcohol motifs (C(OH)–C–C–N with tert-alkyl or cyclic N) is 1. The lowest BCUT2D eigenvalue weighted by molar-refractivity contribution is 0.173. The number of nitrogens with zero attached hydrogens (tertiary/aromatic N) is 1. The summed E-state index contributed by atoms with van der Waals surface area (Å²) in [5.41, 5.74) is 0. The number of rotatable bonds is 5. The minimum atomic E-state index is -0.131. The van der Waals surface area contributed by atoms with Crippen molar-refractivity contribution in [2.24, 2.45) is 0 Å². The molecule has 0 spiro atoms. The third-order valence-electron chi connectivity index (χ3n) is 3.87. The third-order valence-corrected chi connectivity index (χ3v) is 3.87. The Kier molecular flexibility index (Phi) is 4.19. The molecule has 1 aliphatic heterocycles. The highest BCUT2D eigenvalue weighted by Gasteiger charge is 2.19. The van der Waals surface area contributed by atoms with Crippen molar-refractivity contribution >= 4 is 10.8 Å². The lowest BCUT2D eigenvalue weighted by Gasteiger charge is -2.15. The van der Waals surface area contributed by atoms with Gasteiger partial charge in [-0.25, -0.2) is 0 Å².